The van der Waals surface area contributed by atoms with Crippen LogP contribution in [0.4, 0.5) is 5.69 Å². The van der Waals surface area contributed by atoms with Crippen LogP contribution in [0, 0.1) is 6.92 Å². The number of carbonyl (C=O) groups excluding carboxylic acids is 1. The van der Waals surface area contributed by atoms with Gasteiger partial charge in [-0.25, -0.2) is 0 Å². The van der Waals surface area contributed by atoms with Crippen LogP contribution in [0.2, 0.25) is 0 Å². The van der Waals surface area contributed by atoms with E-state index in [4.69, 9.17) is 5.73 Å². The van der Waals surface area contributed by atoms with Crippen LogP contribution in [0.15, 0.2) is 42.6 Å². The van der Waals surface area contributed by atoms with Gasteiger partial charge in [-0.2, -0.15) is 0 Å². The first-order chi connectivity index (χ1) is 9.96. The number of aliphatic hydroxyl groups excluding tert-OH is 1. The number of nitrogens with one attached hydrogen (secondary N) is 1. The Hall–Kier alpha value is -2.40. The highest BCUT2D eigenvalue weighted by Crippen LogP contribution is 2.21. The zero-order valence-corrected chi connectivity index (χ0v) is 12.1. The van der Waals surface area contributed by atoms with Crippen LogP contribution in [0.5, 0.6) is 0 Å². The maximum Gasteiger partial charge on any atom is 0.253 e. The molecule has 110 valence electrons. The number of anilines is 1. The van der Waals surface area contributed by atoms with Crippen molar-refractivity contribution in [2.75, 3.05) is 12.3 Å². The molecule has 0 saturated carbocycles. The van der Waals surface area contributed by atoms with Crippen molar-refractivity contribution in [3.63, 3.8) is 0 Å². The van der Waals surface area contributed by atoms with Crippen molar-refractivity contribution < 1.29 is 9.90 Å². The van der Waals surface area contributed by atoms with Crippen LogP contribution in [0.25, 0.3) is 0 Å². The van der Waals surface area contributed by atoms with Crippen molar-refractivity contribution >= 4 is 11.6 Å². The van der Waals surface area contributed by atoms with Crippen LogP contribution in [-0.2, 0) is 5.54 Å². The smallest absolute Gasteiger partial charge is 0.253 e. The number of nitrogens with zero attached hydrogens (tertiary/aromatic N) is 1. The average Bonchev–Trinajstić information content (AvgIpc) is 2.50. The standard InChI is InChI=1S/C16H19N3O2/c1-11-14(8-13(17)9-18-11)15(21)19-16(2,10-20)12-6-4-3-5-7-12/h3-9,20H,10,17H2,1-2H3,(H,19,21). The number of amides is 1. The van der Waals surface area contributed by atoms with Gasteiger partial charge in [-0.15, -0.1) is 0 Å². The predicted molar refractivity (Wildman–Crippen MR) is 81.7 cm³/mol. The fourth-order valence-corrected chi connectivity index (χ4v) is 2.11. The normalized spacial score (nSPS) is 13.5. The second kappa shape index (κ2) is 5.93. The monoisotopic (exact) mass is 285 g/mol. The van der Waals surface area contributed by atoms with Gasteiger partial charge in [0.2, 0.25) is 0 Å². The third-order valence-corrected chi connectivity index (χ3v) is 3.47. The minimum absolute atomic E-state index is 0.211. The van der Waals surface area contributed by atoms with Crippen molar-refractivity contribution in [1.29, 1.82) is 0 Å². The maximum atomic E-state index is 12.4. The van der Waals surface area contributed by atoms with E-state index >= 15 is 0 Å². The van der Waals surface area contributed by atoms with Gasteiger partial charge >= 0.3 is 0 Å². The summed E-state index contributed by atoms with van der Waals surface area (Å²) in [4.78, 5) is 16.5. The molecule has 0 aliphatic carbocycles. The SMILES string of the molecule is Cc1ncc(N)cc1C(=O)NC(C)(CO)c1ccccc1. The number of benzene rings is 1. The Morgan fingerprint density at radius 2 is 2.05 bits per heavy atom. The third kappa shape index (κ3) is 3.20. The zero-order chi connectivity index (χ0) is 15.5. The second-order valence-corrected chi connectivity index (χ2v) is 5.21. The van der Waals surface area contributed by atoms with Crippen molar-refractivity contribution in [3.05, 3.63) is 59.4 Å². The molecule has 2 rings (SSSR count). The zero-order valence-electron chi connectivity index (χ0n) is 12.1. The number of rotatable bonds is 4. The van der Waals surface area contributed by atoms with Gasteiger partial charge in [-0.1, -0.05) is 30.3 Å². The Balaban J connectivity index is 2.30. The van der Waals surface area contributed by atoms with Gasteiger partial charge in [0, 0.05) is 0 Å². The number of aromatic nitrogens is 1. The molecular weight excluding hydrogens is 266 g/mol. The molecule has 21 heavy (non-hydrogen) atoms. The molecule has 1 amide bonds. The summed E-state index contributed by atoms with van der Waals surface area (Å²) in [5, 5.41) is 12.6. The topological polar surface area (TPSA) is 88.2 Å². The highest BCUT2D eigenvalue weighted by atomic mass is 16.3. The molecule has 0 fully saturated rings. The molecule has 0 aliphatic heterocycles. The maximum absolute atomic E-state index is 12.4. The lowest BCUT2D eigenvalue weighted by Gasteiger charge is -2.29. The first-order valence-corrected chi connectivity index (χ1v) is 6.67. The predicted octanol–water partition coefficient (Wildman–Crippen LogP) is 1.61. The summed E-state index contributed by atoms with van der Waals surface area (Å²) in [7, 11) is 0. The van der Waals surface area contributed by atoms with E-state index in [0.717, 1.165) is 5.56 Å². The molecule has 5 nitrogen and oxygen atoms in total. The quantitative estimate of drug-likeness (QED) is 0.796. The van der Waals surface area contributed by atoms with E-state index in [1.54, 1.807) is 19.9 Å². The van der Waals surface area contributed by atoms with Gasteiger partial charge < -0.3 is 16.2 Å². The van der Waals surface area contributed by atoms with Gasteiger partial charge in [0.05, 0.1) is 35.3 Å². The van der Waals surface area contributed by atoms with Crippen LogP contribution >= 0.6 is 0 Å². The molecule has 0 bridgehead atoms. The molecule has 1 aromatic carbocycles. The van der Waals surface area contributed by atoms with Crippen molar-refractivity contribution in [1.82, 2.24) is 10.3 Å². The van der Waals surface area contributed by atoms with E-state index in [-0.39, 0.29) is 12.5 Å². The third-order valence-electron chi connectivity index (χ3n) is 3.47. The Bertz CT molecular complexity index is 643. The molecule has 0 spiro atoms. The molecule has 2 aromatic rings. The van der Waals surface area contributed by atoms with Crippen LogP contribution in [-0.4, -0.2) is 22.6 Å². The summed E-state index contributed by atoms with van der Waals surface area (Å²) in [5.74, 6) is -0.312. The first-order valence-electron chi connectivity index (χ1n) is 6.67. The number of nitrogen functional groups attached to an aromatic ring is 1. The average molecular weight is 285 g/mol. The molecule has 0 aliphatic rings. The number of hydrogen-bond donors (Lipinski definition) is 3. The Labute approximate surface area is 123 Å². The summed E-state index contributed by atoms with van der Waals surface area (Å²) in [6.45, 7) is 3.31. The molecule has 0 saturated heterocycles. The van der Waals surface area contributed by atoms with E-state index in [0.29, 0.717) is 16.9 Å². The van der Waals surface area contributed by atoms with Gasteiger partial charge in [-0.05, 0) is 25.5 Å². The summed E-state index contributed by atoms with van der Waals surface area (Å²) in [5.41, 5.74) is 7.07. The number of aliphatic hydroxyl groups is 1. The summed E-state index contributed by atoms with van der Waals surface area (Å²) >= 11 is 0. The molecule has 1 aromatic heterocycles. The van der Waals surface area contributed by atoms with Crippen molar-refractivity contribution in [3.8, 4) is 0 Å². The van der Waals surface area contributed by atoms with E-state index in [1.807, 2.05) is 30.3 Å². The Morgan fingerprint density at radius 1 is 1.38 bits per heavy atom. The number of aryl methyl sites for hydroxylation is 1. The van der Waals surface area contributed by atoms with Crippen LogP contribution < -0.4 is 11.1 Å². The van der Waals surface area contributed by atoms with Crippen LogP contribution in [0.3, 0.4) is 0 Å². The number of pyridine rings is 1. The van der Waals surface area contributed by atoms with Gasteiger partial charge in [-0.3, -0.25) is 9.78 Å². The van der Waals surface area contributed by atoms with Gasteiger partial charge in [0.1, 0.15) is 0 Å². The molecule has 1 heterocycles. The summed E-state index contributed by atoms with van der Waals surface area (Å²) in [6, 6.07) is 10.9. The summed E-state index contributed by atoms with van der Waals surface area (Å²) in [6.07, 6.45) is 1.51. The molecular formula is C16H19N3O2. The van der Waals surface area contributed by atoms with Crippen molar-refractivity contribution in [2.45, 2.75) is 19.4 Å². The number of carbonyl (C=O) groups is 1. The van der Waals surface area contributed by atoms with E-state index in [2.05, 4.69) is 10.3 Å². The minimum Gasteiger partial charge on any atom is -0.397 e. The van der Waals surface area contributed by atoms with Crippen molar-refractivity contribution in [2.24, 2.45) is 0 Å². The number of nitrogens with two attached hydrogens (primary N) is 1. The lowest BCUT2D eigenvalue weighted by atomic mass is 9.92. The Morgan fingerprint density at radius 3 is 2.67 bits per heavy atom. The van der Waals surface area contributed by atoms with E-state index in [9.17, 15) is 9.90 Å². The highest BCUT2D eigenvalue weighted by molar-refractivity contribution is 5.96. The minimum atomic E-state index is -0.866. The van der Waals surface area contributed by atoms with E-state index in [1.165, 1.54) is 6.20 Å². The molecule has 0 radical (unpaired) electrons. The summed E-state index contributed by atoms with van der Waals surface area (Å²) < 4.78 is 0. The van der Waals surface area contributed by atoms with Gasteiger partial charge in [0.15, 0.2) is 0 Å². The lowest BCUT2D eigenvalue weighted by molar-refractivity contribution is 0.0848. The molecule has 4 N–H and O–H groups in total. The number of hydrogen-bond acceptors (Lipinski definition) is 4. The van der Waals surface area contributed by atoms with Crippen LogP contribution in [0.1, 0.15) is 28.5 Å². The highest BCUT2D eigenvalue weighted by Gasteiger charge is 2.28. The molecule has 1 unspecified atom stereocenters. The fourth-order valence-electron chi connectivity index (χ4n) is 2.11. The second-order valence-electron chi connectivity index (χ2n) is 5.21. The largest absolute Gasteiger partial charge is 0.397 e. The van der Waals surface area contributed by atoms with Gasteiger partial charge in [0.25, 0.3) is 5.91 Å². The lowest BCUT2D eigenvalue weighted by Crippen LogP contribution is -2.46. The fraction of sp³-hybridized carbons (Fsp3) is 0.250. The molecule has 1 atom stereocenters. The Kier molecular flexibility index (Phi) is 4.23. The van der Waals surface area contributed by atoms with E-state index < -0.39 is 5.54 Å². The molecule has 5 heteroatoms. The first kappa shape index (κ1) is 15.0.